The molecule has 0 bridgehead atoms. The van der Waals surface area contributed by atoms with Crippen molar-refractivity contribution in [3.05, 3.63) is 23.3 Å². The van der Waals surface area contributed by atoms with Gasteiger partial charge in [0.15, 0.2) is 0 Å². The molecule has 0 atom stereocenters. The van der Waals surface area contributed by atoms with Gasteiger partial charge in [-0.25, -0.2) is 0 Å². The fourth-order valence-electron chi connectivity index (χ4n) is 1.36. The first-order valence-corrected chi connectivity index (χ1v) is 3.87. The van der Waals surface area contributed by atoms with Crippen LogP contribution in [0.1, 0.15) is 26.2 Å². The SMILES string of the molecule is CCC1=CCC=C1CCO. The fourth-order valence-corrected chi connectivity index (χ4v) is 1.36. The lowest BCUT2D eigenvalue weighted by Gasteiger charge is -2.02. The third-order valence-electron chi connectivity index (χ3n) is 1.90. The highest BCUT2D eigenvalue weighted by Crippen LogP contribution is 2.23. The second-order valence-electron chi connectivity index (χ2n) is 2.52. The van der Waals surface area contributed by atoms with E-state index in [0.717, 1.165) is 19.3 Å². The monoisotopic (exact) mass is 138 g/mol. The summed E-state index contributed by atoms with van der Waals surface area (Å²) in [5, 5.41) is 8.67. The summed E-state index contributed by atoms with van der Waals surface area (Å²) >= 11 is 0. The molecule has 1 N–H and O–H groups in total. The summed E-state index contributed by atoms with van der Waals surface area (Å²) in [5.41, 5.74) is 2.78. The molecule has 0 aromatic carbocycles. The van der Waals surface area contributed by atoms with Crippen LogP contribution in [0.4, 0.5) is 0 Å². The molecule has 1 heteroatoms. The average Bonchev–Trinajstić information content (AvgIpc) is 2.36. The van der Waals surface area contributed by atoms with E-state index in [2.05, 4.69) is 19.1 Å². The lowest BCUT2D eigenvalue weighted by atomic mass is 10.1. The van der Waals surface area contributed by atoms with Gasteiger partial charge in [0.05, 0.1) is 0 Å². The standard InChI is InChI=1S/C9H14O/c1-2-8-4-3-5-9(8)6-7-10/h4-5,10H,2-3,6-7H2,1H3. The van der Waals surface area contributed by atoms with Gasteiger partial charge < -0.3 is 5.11 Å². The molecule has 0 radical (unpaired) electrons. The molecule has 0 aliphatic heterocycles. The van der Waals surface area contributed by atoms with Crippen LogP contribution in [0.15, 0.2) is 23.3 Å². The molecular weight excluding hydrogens is 124 g/mol. The van der Waals surface area contributed by atoms with Gasteiger partial charge in [0, 0.05) is 6.61 Å². The van der Waals surface area contributed by atoms with Crippen LogP contribution in [0.25, 0.3) is 0 Å². The van der Waals surface area contributed by atoms with Gasteiger partial charge in [-0.15, -0.1) is 0 Å². The molecule has 1 nitrogen and oxygen atoms in total. The van der Waals surface area contributed by atoms with Crippen molar-refractivity contribution in [3.63, 3.8) is 0 Å². The normalized spacial score (nSPS) is 17.0. The molecule has 0 heterocycles. The second kappa shape index (κ2) is 3.57. The van der Waals surface area contributed by atoms with Crippen molar-refractivity contribution in [1.29, 1.82) is 0 Å². The van der Waals surface area contributed by atoms with Crippen LogP contribution in [0.5, 0.6) is 0 Å². The molecule has 0 aromatic rings. The van der Waals surface area contributed by atoms with Crippen molar-refractivity contribution in [2.75, 3.05) is 6.61 Å². The molecule has 10 heavy (non-hydrogen) atoms. The summed E-state index contributed by atoms with van der Waals surface area (Å²) in [7, 11) is 0. The Morgan fingerprint density at radius 1 is 1.40 bits per heavy atom. The van der Waals surface area contributed by atoms with Crippen LogP contribution >= 0.6 is 0 Å². The summed E-state index contributed by atoms with van der Waals surface area (Å²) in [4.78, 5) is 0. The molecule has 0 amide bonds. The van der Waals surface area contributed by atoms with E-state index in [4.69, 9.17) is 5.11 Å². The molecule has 1 aliphatic rings. The fraction of sp³-hybridized carbons (Fsp3) is 0.556. The zero-order valence-electron chi connectivity index (χ0n) is 6.43. The molecule has 0 saturated heterocycles. The summed E-state index contributed by atoms with van der Waals surface area (Å²) in [6, 6.07) is 0. The topological polar surface area (TPSA) is 20.2 Å². The van der Waals surface area contributed by atoms with Gasteiger partial charge >= 0.3 is 0 Å². The predicted octanol–water partition coefficient (Wildman–Crippen LogP) is 2.04. The maximum atomic E-state index is 8.67. The van der Waals surface area contributed by atoms with Gasteiger partial charge in [0.1, 0.15) is 0 Å². The molecule has 0 saturated carbocycles. The molecule has 0 aromatic heterocycles. The van der Waals surface area contributed by atoms with E-state index in [1.807, 2.05) is 0 Å². The number of aliphatic hydroxyl groups is 1. The largest absolute Gasteiger partial charge is 0.396 e. The van der Waals surface area contributed by atoms with Crippen LogP contribution < -0.4 is 0 Å². The van der Waals surface area contributed by atoms with Crippen LogP contribution in [-0.2, 0) is 0 Å². The maximum Gasteiger partial charge on any atom is 0.0471 e. The third kappa shape index (κ3) is 1.48. The Morgan fingerprint density at radius 2 is 2.10 bits per heavy atom. The number of hydrogen-bond acceptors (Lipinski definition) is 1. The van der Waals surface area contributed by atoms with Gasteiger partial charge in [0.25, 0.3) is 0 Å². The van der Waals surface area contributed by atoms with E-state index in [0.29, 0.717) is 0 Å². The van der Waals surface area contributed by atoms with Crippen LogP contribution in [0.2, 0.25) is 0 Å². The third-order valence-corrected chi connectivity index (χ3v) is 1.90. The van der Waals surface area contributed by atoms with Crippen molar-refractivity contribution in [2.45, 2.75) is 26.2 Å². The lowest BCUT2D eigenvalue weighted by Crippen LogP contribution is -1.89. The van der Waals surface area contributed by atoms with E-state index in [-0.39, 0.29) is 6.61 Å². The Bertz CT molecular complexity index is 166. The predicted molar refractivity (Wildman–Crippen MR) is 42.8 cm³/mol. The van der Waals surface area contributed by atoms with Gasteiger partial charge in [-0.05, 0) is 30.4 Å². The smallest absolute Gasteiger partial charge is 0.0471 e. The Hall–Kier alpha value is -0.560. The number of allylic oxidation sites excluding steroid dienone is 3. The van der Waals surface area contributed by atoms with Crippen molar-refractivity contribution in [3.8, 4) is 0 Å². The van der Waals surface area contributed by atoms with Gasteiger partial charge in [-0.2, -0.15) is 0 Å². The van der Waals surface area contributed by atoms with E-state index in [1.165, 1.54) is 11.1 Å². The summed E-state index contributed by atoms with van der Waals surface area (Å²) in [5.74, 6) is 0. The minimum absolute atomic E-state index is 0.281. The van der Waals surface area contributed by atoms with Crippen LogP contribution in [0, 0.1) is 0 Å². The number of rotatable bonds is 3. The van der Waals surface area contributed by atoms with Crippen molar-refractivity contribution < 1.29 is 5.11 Å². The molecule has 0 spiro atoms. The molecule has 1 rings (SSSR count). The van der Waals surface area contributed by atoms with Crippen molar-refractivity contribution in [1.82, 2.24) is 0 Å². The van der Waals surface area contributed by atoms with Gasteiger partial charge in [-0.3, -0.25) is 0 Å². The van der Waals surface area contributed by atoms with E-state index in [1.54, 1.807) is 0 Å². The molecule has 0 unspecified atom stereocenters. The zero-order chi connectivity index (χ0) is 7.40. The Balaban J connectivity index is 2.51. The summed E-state index contributed by atoms with van der Waals surface area (Å²) in [6.07, 6.45) is 7.45. The Labute approximate surface area is 62.1 Å². The van der Waals surface area contributed by atoms with Crippen molar-refractivity contribution in [2.24, 2.45) is 0 Å². The lowest BCUT2D eigenvalue weighted by molar-refractivity contribution is 0.300. The number of aliphatic hydroxyl groups excluding tert-OH is 1. The van der Waals surface area contributed by atoms with Crippen molar-refractivity contribution >= 4 is 0 Å². The minimum atomic E-state index is 0.281. The quantitative estimate of drug-likeness (QED) is 0.632. The summed E-state index contributed by atoms with van der Waals surface area (Å²) < 4.78 is 0. The first-order valence-electron chi connectivity index (χ1n) is 3.87. The molecular formula is C9H14O. The van der Waals surface area contributed by atoms with E-state index in [9.17, 15) is 0 Å². The van der Waals surface area contributed by atoms with Gasteiger partial charge in [0.2, 0.25) is 0 Å². The van der Waals surface area contributed by atoms with E-state index >= 15 is 0 Å². The zero-order valence-corrected chi connectivity index (χ0v) is 6.43. The van der Waals surface area contributed by atoms with Crippen LogP contribution in [0.3, 0.4) is 0 Å². The van der Waals surface area contributed by atoms with E-state index < -0.39 is 0 Å². The second-order valence-corrected chi connectivity index (χ2v) is 2.52. The Kier molecular flexibility index (Phi) is 2.69. The highest BCUT2D eigenvalue weighted by atomic mass is 16.2. The first-order chi connectivity index (χ1) is 4.88. The molecule has 1 aliphatic carbocycles. The number of hydrogen-bond donors (Lipinski definition) is 1. The maximum absolute atomic E-state index is 8.67. The highest BCUT2D eigenvalue weighted by molar-refractivity contribution is 5.36. The van der Waals surface area contributed by atoms with Gasteiger partial charge in [-0.1, -0.05) is 19.1 Å². The van der Waals surface area contributed by atoms with Crippen LogP contribution in [-0.4, -0.2) is 11.7 Å². The Morgan fingerprint density at radius 3 is 2.70 bits per heavy atom. The molecule has 0 fully saturated rings. The summed E-state index contributed by atoms with van der Waals surface area (Å²) in [6.45, 7) is 2.44. The minimum Gasteiger partial charge on any atom is -0.396 e. The molecule has 56 valence electrons. The average molecular weight is 138 g/mol. The first kappa shape index (κ1) is 7.55. The highest BCUT2D eigenvalue weighted by Gasteiger charge is 2.05.